The van der Waals surface area contributed by atoms with Crippen LogP contribution in [0.3, 0.4) is 0 Å². The summed E-state index contributed by atoms with van der Waals surface area (Å²) in [7, 11) is -2.56. The van der Waals surface area contributed by atoms with Gasteiger partial charge in [-0.25, -0.2) is 4.39 Å². The first-order chi connectivity index (χ1) is 22.2. The average Bonchev–Trinajstić information content (AvgIpc) is 3.12. The molecule has 0 atom stereocenters. The largest absolute Gasteiger partial charge is 0.311 e. The zero-order chi connectivity index (χ0) is 30.5. The molecule has 0 N–H and O–H groups in total. The van der Waals surface area contributed by atoms with Gasteiger partial charge in [-0.05, 0) is 80.4 Å². The van der Waals surface area contributed by atoms with Crippen molar-refractivity contribution in [1.82, 2.24) is 0 Å². The first kappa shape index (κ1) is 28.3. The molecule has 0 unspecified atom stereocenters. The summed E-state index contributed by atoms with van der Waals surface area (Å²) >= 11 is 0. The highest BCUT2D eigenvalue weighted by Crippen LogP contribution is 2.35. The van der Waals surface area contributed by atoms with Crippen LogP contribution in [0.15, 0.2) is 194 Å². The zero-order valence-electron chi connectivity index (χ0n) is 24.8. The van der Waals surface area contributed by atoms with E-state index in [1.807, 2.05) is 30.3 Å². The smallest absolute Gasteiger partial charge is 0.179 e. The highest BCUT2D eigenvalue weighted by atomic mass is 28.3. The zero-order valence-corrected chi connectivity index (χ0v) is 25.8. The van der Waals surface area contributed by atoms with Crippen LogP contribution in [-0.4, -0.2) is 8.07 Å². The fourth-order valence-corrected chi connectivity index (χ4v) is 11.1. The summed E-state index contributed by atoms with van der Waals surface area (Å²) in [4.78, 5) is 2.14. The SMILES string of the molecule is Fc1ccc(N(c2ccccc2)c2ccc(-c3ccc([Si](c4ccccc4)(c4ccccc4)c4ccccc4)cc3)cc2)cc1. The number of nitrogens with zero attached hydrogens (tertiary/aromatic N) is 1. The molecule has 7 aromatic carbocycles. The number of halogens is 1. The van der Waals surface area contributed by atoms with Gasteiger partial charge in [0.2, 0.25) is 0 Å². The van der Waals surface area contributed by atoms with Gasteiger partial charge in [0.05, 0.1) is 0 Å². The minimum Gasteiger partial charge on any atom is -0.311 e. The molecule has 0 heterocycles. The normalized spacial score (nSPS) is 11.2. The molecule has 1 nitrogen and oxygen atoms in total. The van der Waals surface area contributed by atoms with Crippen LogP contribution in [0.1, 0.15) is 0 Å². The Labute approximate surface area is 265 Å². The molecule has 0 fully saturated rings. The van der Waals surface area contributed by atoms with Crippen LogP contribution in [0, 0.1) is 5.82 Å². The summed E-state index contributed by atoms with van der Waals surface area (Å²) in [6.07, 6.45) is 0. The molecule has 0 bridgehead atoms. The lowest BCUT2D eigenvalue weighted by Crippen LogP contribution is -2.74. The fourth-order valence-electron chi connectivity index (χ4n) is 6.39. The molecule has 0 saturated heterocycles. The lowest BCUT2D eigenvalue weighted by molar-refractivity contribution is 0.628. The monoisotopic (exact) mass is 597 g/mol. The van der Waals surface area contributed by atoms with E-state index in [2.05, 4.69) is 157 Å². The Morgan fingerprint density at radius 2 is 0.622 bits per heavy atom. The second-order valence-corrected chi connectivity index (χ2v) is 14.9. The van der Waals surface area contributed by atoms with Gasteiger partial charge >= 0.3 is 0 Å². The van der Waals surface area contributed by atoms with Gasteiger partial charge in [-0.15, -0.1) is 0 Å². The maximum atomic E-state index is 13.8. The Kier molecular flexibility index (Phi) is 7.92. The van der Waals surface area contributed by atoms with Gasteiger partial charge in [0, 0.05) is 17.1 Å². The van der Waals surface area contributed by atoms with Crippen LogP contribution in [0.2, 0.25) is 0 Å². The number of hydrogen-bond donors (Lipinski definition) is 0. The van der Waals surface area contributed by atoms with Crippen LogP contribution < -0.4 is 25.6 Å². The van der Waals surface area contributed by atoms with Gasteiger partial charge < -0.3 is 4.90 Å². The van der Waals surface area contributed by atoms with Gasteiger partial charge in [-0.1, -0.05) is 146 Å². The van der Waals surface area contributed by atoms with Gasteiger partial charge in [-0.2, -0.15) is 0 Å². The van der Waals surface area contributed by atoms with Crippen LogP contribution in [0.5, 0.6) is 0 Å². The maximum absolute atomic E-state index is 13.8. The molecule has 45 heavy (non-hydrogen) atoms. The van der Waals surface area contributed by atoms with E-state index in [1.165, 1.54) is 32.9 Å². The minimum atomic E-state index is -2.56. The molecule has 7 aromatic rings. The first-order valence-corrected chi connectivity index (χ1v) is 17.2. The molecule has 0 aliphatic heterocycles. The number of hydrogen-bond acceptors (Lipinski definition) is 1. The van der Waals surface area contributed by atoms with Gasteiger partial charge in [-0.3, -0.25) is 0 Å². The predicted molar refractivity (Wildman–Crippen MR) is 190 cm³/mol. The third-order valence-electron chi connectivity index (χ3n) is 8.50. The van der Waals surface area contributed by atoms with E-state index in [0.717, 1.165) is 28.2 Å². The summed E-state index contributed by atoms with van der Waals surface area (Å²) in [6, 6.07) is 67.6. The molecule has 3 heteroatoms. The van der Waals surface area contributed by atoms with Crippen molar-refractivity contribution >= 4 is 45.9 Å². The highest BCUT2D eigenvalue weighted by molar-refractivity contribution is 7.19. The van der Waals surface area contributed by atoms with Crippen molar-refractivity contribution < 1.29 is 4.39 Å². The lowest BCUT2D eigenvalue weighted by Gasteiger charge is -2.34. The number of rotatable bonds is 8. The van der Waals surface area contributed by atoms with E-state index < -0.39 is 8.07 Å². The number of benzene rings is 7. The summed E-state index contributed by atoms with van der Waals surface area (Å²) < 4.78 is 13.8. The van der Waals surface area contributed by atoms with E-state index in [9.17, 15) is 4.39 Å². The molecule has 216 valence electrons. The standard InChI is InChI=1S/C42H32FNSi/c43-35-25-29-38(30-26-35)44(36-13-5-1-6-14-36)37-27-21-33(22-28-37)34-23-31-42(32-24-34)45(39-15-7-2-8-16-39,40-17-9-3-10-18-40)41-19-11-4-12-20-41/h1-32H. The van der Waals surface area contributed by atoms with Crippen molar-refractivity contribution in [3.05, 3.63) is 200 Å². The van der Waals surface area contributed by atoms with E-state index in [-0.39, 0.29) is 5.82 Å². The van der Waals surface area contributed by atoms with Crippen LogP contribution in [0.25, 0.3) is 11.1 Å². The number of anilines is 3. The topological polar surface area (TPSA) is 3.24 Å². The van der Waals surface area contributed by atoms with Crippen LogP contribution in [0.4, 0.5) is 21.5 Å². The van der Waals surface area contributed by atoms with Gasteiger partial charge in [0.1, 0.15) is 5.82 Å². The molecule has 0 saturated carbocycles. The maximum Gasteiger partial charge on any atom is 0.179 e. The predicted octanol–water partition coefficient (Wildman–Crippen LogP) is 8.34. The molecule has 0 radical (unpaired) electrons. The summed E-state index contributed by atoms with van der Waals surface area (Å²) in [5.74, 6) is -0.246. The Hall–Kier alpha value is -5.51. The molecule has 0 amide bonds. The van der Waals surface area contributed by atoms with Crippen LogP contribution >= 0.6 is 0 Å². The summed E-state index contributed by atoms with van der Waals surface area (Å²) in [6.45, 7) is 0. The van der Waals surface area contributed by atoms with Crippen molar-refractivity contribution in [2.75, 3.05) is 4.90 Å². The third kappa shape index (κ3) is 5.50. The van der Waals surface area contributed by atoms with E-state index in [1.54, 1.807) is 0 Å². The van der Waals surface area contributed by atoms with Crippen molar-refractivity contribution in [1.29, 1.82) is 0 Å². The Bertz CT molecular complexity index is 1860. The molecule has 7 rings (SSSR count). The van der Waals surface area contributed by atoms with E-state index in [0.29, 0.717) is 0 Å². The van der Waals surface area contributed by atoms with Gasteiger partial charge in [0.25, 0.3) is 0 Å². The Morgan fingerprint density at radius 3 is 1.04 bits per heavy atom. The molecule has 0 spiro atoms. The highest BCUT2D eigenvalue weighted by Gasteiger charge is 2.41. The lowest BCUT2D eigenvalue weighted by atomic mass is 10.0. The Morgan fingerprint density at radius 1 is 0.311 bits per heavy atom. The van der Waals surface area contributed by atoms with Crippen LogP contribution in [-0.2, 0) is 0 Å². The van der Waals surface area contributed by atoms with Crippen molar-refractivity contribution in [3.8, 4) is 11.1 Å². The second kappa shape index (κ2) is 12.6. The van der Waals surface area contributed by atoms with Crippen molar-refractivity contribution in [3.63, 3.8) is 0 Å². The summed E-state index contributed by atoms with van der Waals surface area (Å²) in [5.41, 5.74) is 5.24. The first-order valence-electron chi connectivity index (χ1n) is 15.2. The van der Waals surface area contributed by atoms with Crippen molar-refractivity contribution in [2.24, 2.45) is 0 Å². The van der Waals surface area contributed by atoms with Crippen molar-refractivity contribution in [2.45, 2.75) is 0 Å². The molecule has 0 aliphatic rings. The second-order valence-electron chi connectivity index (χ2n) is 11.1. The quantitative estimate of drug-likeness (QED) is 0.126. The van der Waals surface area contributed by atoms with E-state index in [4.69, 9.17) is 0 Å². The fraction of sp³-hybridized carbons (Fsp3) is 0. The van der Waals surface area contributed by atoms with Gasteiger partial charge in [0.15, 0.2) is 8.07 Å². The Balaban J connectivity index is 1.29. The molecule has 0 aromatic heterocycles. The summed E-state index contributed by atoms with van der Waals surface area (Å²) in [5, 5.41) is 5.43. The minimum absolute atomic E-state index is 0.246. The third-order valence-corrected chi connectivity index (χ3v) is 13.3. The molecule has 0 aliphatic carbocycles. The average molecular weight is 598 g/mol. The number of para-hydroxylation sites is 1. The van der Waals surface area contributed by atoms with E-state index >= 15 is 0 Å². The molecular formula is C42H32FNSi. The molecular weight excluding hydrogens is 566 g/mol.